The molecule has 2 aliphatic rings. The molecule has 5 nitrogen and oxygen atoms in total. The maximum absolute atomic E-state index is 12.1. The van der Waals surface area contributed by atoms with Gasteiger partial charge in [-0.3, -0.25) is 9.89 Å². The third-order valence-electron chi connectivity index (χ3n) is 4.58. The standard InChI is InChI=1S/C15H24N4O/c20-15(12-7-8-16-10-12)17-14-9-13(18-19-14)11-5-3-1-2-4-6-11/h9,11-12,16H,1-8,10H2,(H2,17,18,19,20). The van der Waals surface area contributed by atoms with Crippen molar-refractivity contribution in [3.05, 3.63) is 11.8 Å². The Labute approximate surface area is 119 Å². The summed E-state index contributed by atoms with van der Waals surface area (Å²) in [6, 6.07) is 2.02. The van der Waals surface area contributed by atoms with Crippen LogP contribution in [0.1, 0.15) is 56.6 Å². The van der Waals surface area contributed by atoms with E-state index >= 15 is 0 Å². The number of nitrogens with zero attached hydrogens (tertiary/aromatic N) is 1. The topological polar surface area (TPSA) is 69.8 Å². The Bertz CT molecular complexity index is 442. The molecule has 0 aromatic carbocycles. The van der Waals surface area contributed by atoms with Crippen molar-refractivity contribution < 1.29 is 4.79 Å². The van der Waals surface area contributed by atoms with E-state index in [9.17, 15) is 4.79 Å². The van der Waals surface area contributed by atoms with Gasteiger partial charge in [0.2, 0.25) is 5.91 Å². The van der Waals surface area contributed by atoms with Crippen molar-refractivity contribution in [2.24, 2.45) is 5.92 Å². The zero-order valence-electron chi connectivity index (χ0n) is 12.0. The second kappa shape index (κ2) is 6.39. The van der Waals surface area contributed by atoms with Gasteiger partial charge in [0.15, 0.2) is 5.82 Å². The number of H-pyrrole nitrogens is 1. The number of aromatic amines is 1. The molecule has 1 atom stereocenters. The maximum atomic E-state index is 12.1. The molecule has 0 radical (unpaired) electrons. The minimum atomic E-state index is 0.0908. The molecular weight excluding hydrogens is 252 g/mol. The van der Waals surface area contributed by atoms with Crippen LogP contribution in [0.5, 0.6) is 0 Å². The lowest BCUT2D eigenvalue weighted by Crippen LogP contribution is -2.24. The Hall–Kier alpha value is -1.36. The lowest BCUT2D eigenvalue weighted by atomic mass is 9.97. The first-order chi connectivity index (χ1) is 9.83. The summed E-state index contributed by atoms with van der Waals surface area (Å²) in [6.07, 6.45) is 8.71. The first kappa shape index (κ1) is 13.6. The van der Waals surface area contributed by atoms with Crippen molar-refractivity contribution in [1.29, 1.82) is 0 Å². The molecule has 1 saturated carbocycles. The van der Waals surface area contributed by atoms with E-state index in [0.717, 1.165) is 19.5 Å². The third kappa shape index (κ3) is 3.20. The van der Waals surface area contributed by atoms with Crippen LogP contribution >= 0.6 is 0 Å². The Balaban J connectivity index is 1.59. The van der Waals surface area contributed by atoms with Crippen molar-refractivity contribution in [3.8, 4) is 0 Å². The van der Waals surface area contributed by atoms with Crippen LogP contribution in [-0.4, -0.2) is 29.2 Å². The minimum absolute atomic E-state index is 0.0908. The van der Waals surface area contributed by atoms with Gasteiger partial charge in [-0.1, -0.05) is 25.7 Å². The van der Waals surface area contributed by atoms with Gasteiger partial charge in [0.25, 0.3) is 0 Å². The summed E-state index contributed by atoms with van der Waals surface area (Å²) in [5.74, 6) is 1.45. The van der Waals surface area contributed by atoms with Crippen LogP contribution in [0, 0.1) is 5.92 Å². The first-order valence-electron chi connectivity index (χ1n) is 7.90. The van der Waals surface area contributed by atoms with Crippen molar-refractivity contribution in [2.75, 3.05) is 18.4 Å². The number of nitrogens with one attached hydrogen (secondary N) is 3. The van der Waals surface area contributed by atoms with Crippen LogP contribution in [0.4, 0.5) is 5.82 Å². The van der Waals surface area contributed by atoms with Gasteiger partial charge in [-0.15, -0.1) is 0 Å². The highest BCUT2D eigenvalue weighted by Gasteiger charge is 2.23. The molecule has 0 bridgehead atoms. The average Bonchev–Trinajstić information content (AvgIpc) is 3.06. The van der Waals surface area contributed by atoms with E-state index < -0.39 is 0 Å². The summed E-state index contributed by atoms with van der Waals surface area (Å²) in [6.45, 7) is 1.72. The first-order valence-corrected chi connectivity index (χ1v) is 7.90. The lowest BCUT2D eigenvalue weighted by molar-refractivity contribution is -0.119. The predicted octanol–water partition coefficient (Wildman–Crippen LogP) is 2.40. The zero-order chi connectivity index (χ0) is 13.8. The van der Waals surface area contributed by atoms with Crippen molar-refractivity contribution in [3.63, 3.8) is 0 Å². The van der Waals surface area contributed by atoms with E-state index in [1.165, 1.54) is 44.2 Å². The highest BCUT2D eigenvalue weighted by molar-refractivity contribution is 5.92. The fourth-order valence-corrected chi connectivity index (χ4v) is 3.31. The summed E-state index contributed by atoms with van der Waals surface area (Å²) < 4.78 is 0. The fourth-order valence-electron chi connectivity index (χ4n) is 3.31. The molecule has 1 aliphatic heterocycles. The van der Waals surface area contributed by atoms with Crippen LogP contribution in [0.3, 0.4) is 0 Å². The monoisotopic (exact) mass is 276 g/mol. The molecule has 3 rings (SSSR count). The molecular formula is C15H24N4O. The van der Waals surface area contributed by atoms with Gasteiger partial charge in [0.05, 0.1) is 5.92 Å². The van der Waals surface area contributed by atoms with Crippen molar-refractivity contribution in [1.82, 2.24) is 15.5 Å². The Morgan fingerprint density at radius 1 is 1.20 bits per heavy atom. The van der Waals surface area contributed by atoms with E-state index in [0.29, 0.717) is 11.7 Å². The molecule has 1 unspecified atom stereocenters. The molecule has 1 amide bonds. The van der Waals surface area contributed by atoms with E-state index in [2.05, 4.69) is 20.8 Å². The number of hydrogen-bond donors (Lipinski definition) is 3. The Morgan fingerprint density at radius 3 is 2.70 bits per heavy atom. The lowest BCUT2D eigenvalue weighted by Gasteiger charge is -2.10. The number of carbonyl (C=O) groups excluding carboxylic acids is 1. The predicted molar refractivity (Wildman–Crippen MR) is 78.6 cm³/mol. The number of hydrogen-bond acceptors (Lipinski definition) is 3. The van der Waals surface area contributed by atoms with Gasteiger partial charge >= 0.3 is 0 Å². The van der Waals surface area contributed by atoms with E-state index in [-0.39, 0.29) is 11.8 Å². The van der Waals surface area contributed by atoms with Gasteiger partial charge in [0.1, 0.15) is 0 Å². The van der Waals surface area contributed by atoms with Gasteiger partial charge in [-0.2, -0.15) is 5.10 Å². The second-order valence-electron chi connectivity index (χ2n) is 6.08. The number of amides is 1. The number of rotatable bonds is 3. The summed E-state index contributed by atoms with van der Waals surface area (Å²) in [5, 5.41) is 13.5. The van der Waals surface area contributed by atoms with Crippen molar-refractivity contribution in [2.45, 2.75) is 50.9 Å². The minimum Gasteiger partial charge on any atom is -0.316 e. The molecule has 110 valence electrons. The van der Waals surface area contributed by atoms with Gasteiger partial charge in [-0.25, -0.2) is 0 Å². The Kier molecular flexibility index (Phi) is 4.35. The number of anilines is 1. The molecule has 0 spiro atoms. The second-order valence-corrected chi connectivity index (χ2v) is 6.08. The molecule has 20 heavy (non-hydrogen) atoms. The van der Waals surface area contributed by atoms with Gasteiger partial charge < -0.3 is 10.6 Å². The molecule has 1 aromatic rings. The molecule has 5 heteroatoms. The third-order valence-corrected chi connectivity index (χ3v) is 4.58. The normalized spacial score (nSPS) is 24.5. The summed E-state index contributed by atoms with van der Waals surface area (Å²) in [5.41, 5.74) is 1.19. The van der Waals surface area contributed by atoms with E-state index in [1.807, 2.05) is 6.07 Å². The van der Waals surface area contributed by atoms with Crippen LogP contribution < -0.4 is 10.6 Å². The van der Waals surface area contributed by atoms with Gasteiger partial charge in [-0.05, 0) is 25.8 Å². The molecule has 2 heterocycles. The molecule has 2 fully saturated rings. The van der Waals surface area contributed by atoms with Gasteiger partial charge in [0, 0.05) is 24.2 Å². The summed E-state index contributed by atoms with van der Waals surface area (Å²) in [7, 11) is 0. The summed E-state index contributed by atoms with van der Waals surface area (Å²) in [4.78, 5) is 12.1. The van der Waals surface area contributed by atoms with Crippen LogP contribution in [0.15, 0.2) is 6.07 Å². The summed E-state index contributed by atoms with van der Waals surface area (Å²) >= 11 is 0. The quantitative estimate of drug-likeness (QED) is 0.742. The van der Waals surface area contributed by atoms with E-state index in [1.54, 1.807) is 0 Å². The zero-order valence-corrected chi connectivity index (χ0v) is 12.0. The highest BCUT2D eigenvalue weighted by atomic mass is 16.2. The number of aromatic nitrogens is 2. The van der Waals surface area contributed by atoms with Crippen molar-refractivity contribution >= 4 is 11.7 Å². The molecule has 3 N–H and O–H groups in total. The maximum Gasteiger partial charge on any atom is 0.230 e. The smallest absolute Gasteiger partial charge is 0.230 e. The Morgan fingerprint density at radius 2 is 2.00 bits per heavy atom. The largest absolute Gasteiger partial charge is 0.316 e. The van der Waals surface area contributed by atoms with Crippen LogP contribution in [0.2, 0.25) is 0 Å². The molecule has 1 aliphatic carbocycles. The SMILES string of the molecule is O=C(Nc1cc(C2CCCCCC2)[nH]n1)C1CCNC1. The average molecular weight is 276 g/mol. The highest BCUT2D eigenvalue weighted by Crippen LogP contribution is 2.31. The van der Waals surface area contributed by atoms with Crippen LogP contribution in [0.25, 0.3) is 0 Å². The molecule has 1 saturated heterocycles. The van der Waals surface area contributed by atoms with E-state index in [4.69, 9.17) is 0 Å². The number of carbonyl (C=O) groups is 1. The fraction of sp³-hybridized carbons (Fsp3) is 0.733. The molecule has 1 aromatic heterocycles. The van der Waals surface area contributed by atoms with Crippen LogP contribution in [-0.2, 0) is 4.79 Å².